The SMILES string of the molecule is CCc1nccn1C(C)CC(C)(NC)C(=O)O. The number of imidazole rings is 1. The van der Waals surface area contributed by atoms with Crippen molar-refractivity contribution in [2.24, 2.45) is 0 Å². The van der Waals surface area contributed by atoms with Gasteiger partial charge < -0.3 is 15.0 Å². The number of nitrogens with zero attached hydrogens (tertiary/aromatic N) is 2. The van der Waals surface area contributed by atoms with E-state index < -0.39 is 11.5 Å². The number of nitrogens with one attached hydrogen (secondary N) is 1. The van der Waals surface area contributed by atoms with Crippen LogP contribution in [0.15, 0.2) is 12.4 Å². The number of aliphatic carboxylic acids is 1. The predicted octanol–water partition coefficient (Wildman–Crippen LogP) is 1.46. The van der Waals surface area contributed by atoms with E-state index in [-0.39, 0.29) is 6.04 Å². The van der Waals surface area contributed by atoms with Crippen LogP contribution < -0.4 is 5.32 Å². The molecule has 0 aromatic carbocycles. The Morgan fingerprint density at radius 1 is 1.71 bits per heavy atom. The molecule has 0 saturated heterocycles. The predicted molar refractivity (Wildman–Crippen MR) is 66.0 cm³/mol. The highest BCUT2D eigenvalue weighted by molar-refractivity contribution is 5.78. The van der Waals surface area contributed by atoms with E-state index in [1.54, 1.807) is 20.2 Å². The Hall–Kier alpha value is -1.36. The van der Waals surface area contributed by atoms with Gasteiger partial charge >= 0.3 is 5.97 Å². The lowest BCUT2D eigenvalue weighted by Crippen LogP contribution is -2.48. The summed E-state index contributed by atoms with van der Waals surface area (Å²) in [4.78, 5) is 15.5. The number of aryl methyl sites for hydroxylation is 1. The highest BCUT2D eigenvalue weighted by Crippen LogP contribution is 2.22. The van der Waals surface area contributed by atoms with Crippen molar-refractivity contribution in [3.63, 3.8) is 0 Å². The monoisotopic (exact) mass is 239 g/mol. The topological polar surface area (TPSA) is 67.2 Å². The molecule has 17 heavy (non-hydrogen) atoms. The van der Waals surface area contributed by atoms with Crippen LogP contribution in [0.5, 0.6) is 0 Å². The van der Waals surface area contributed by atoms with Gasteiger partial charge in [0.05, 0.1) is 0 Å². The van der Waals surface area contributed by atoms with Gasteiger partial charge in [0.2, 0.25) is 0 Å². The lowest BCUT2D eigenvalue weighted by Gasteiger charge is -2.28. The Bertz CT molecular complexity index is 389. The number of hydrogen-bond donors (Lipinski definition) is 2. The lowest BCUT2D eigenvalue weighted by atomic mass is 9.94. The van der Waals surface area contributed by atoms with E-state index in [1.807, 2.05) is 24.6 Å². The van der Waals surface area contributed by atoms with Crippen LogP contribution in [-0.2, 0) is 11.2 Å². The third-order valence-electron chi connectivity index (χ3n) is 3.27. The highest BCUT2D eigenvalue weighted by Gasteiger charge is 2.33. The first-order valence-electron chi connectivity index (χ1n) is 5.88. The Balaban J connectivity index is 2.85. The molecule has 0 radical (unpaired) electrons. The fourth-order valence-corrected chi connectivity index (χ4v) is 2.00. The van der Waals surface area contributed by atoms with Crippen LogP contribution in [0.2, 0.25) is 0 Å². The quantitative estimate of drug-likeness (QED) is 0.788. The molecule has 1 heterocycles. The van der Waals surface area contributed by atoms with Crippen LogP contribution in [0.25, 0.3) is 0 Å². The third-order valence-corrected chi connectivity index (χ3v) is 3.27. The molecule has 1 aromatic heterocycles. The molecule has 5 heteroatoms. The first kappa shape index (κ1) is 13.7. The summed E-state index contributed by atoms with van der Waals surface area (Å²) in [6.07, 6.45) is 5.02. The molecular weight excluding hydrogens is 218 g/mol. The van der Waals surface area contributed by atoms with Gasteiger partial charge in [-0.05, 0) is 27.3 Å². The van der Waals surface area contributed by atoms with Crippen LogP contribution >= 0.6 is 0 Å². The van der Waals surface area contributed by atoms with Gasteiger partial charge in [-0.1, -0.05) is 6.92 Å². The molecule has 0 saturated carbocycles. The maximum Gasteiger partial charge on any atom is 0.323 e. The molecule has 2 N–H and O–H groups in total. The summed E-state index contributed by atoms with van der Waals surface area (Å²) in [5.74, 6) is 0.159. The van der Waals surface area contributed by atoms with Crippen molar-refractivity contribution in [2.75, 3.05) is 7.05 Å². The van der Waals surface area contributed by atoms with Crippen molar-refractivity contribution in [2.45, 2.75) is 45.2 Å². The minimum absolute atomic E-state index is 0.0981. The molecule has 2 atom stereocenters. The molecule has 96 valence electrons. The standard InChI is InChI=1S/C12H21N3O2/c1-5-10-14-6-7-15(10)9(2)8-12(3,13-4)11(16)17/h6-7,9,13H,5,8H2,1-4H3,(H,16,17). The van der Waals surface area contributed by atoms with Gasteiger partial charge in [0, 0.05) is 24.9 Å². The number of aromatic nitrogens is 2. The van der Waals surface area contributed by atoms with E-state index in [4.69, 9.17) is 0 Å². The van der Waals surface area contributed by atoms with Gasteiger partial charge in [-0.2, -0.15) is 0 Å². The Morgan fingerprint density at radius 2 is 2.35 bits per heavy atom. The Labute approximate surface area is 102 Å². The lowest BCUT2D eigenvalue weighted by molar-refractivity contribution is -0.144. The maximum atomic E-state index is 11.2. The van der Waals surface area contributed by atoms with E-state index in [9.17, 15) is 9.90 Å². The first-order chi connectivity index (χ1) is 7.94. The third kappa shape index (κ3) is 2.85. The van der Waals surface area contributed by atoms with Crippen molar-refractivity contribution in [3.8, 4) is 0 Å². The number of carboxylic acids is 1. The van der Waals surface area contributed by atoms with Gasteiger partial charge in [0.25, 0.3) is 0 Å². The van der Waals surface area contributed by atoms with Crippen molar-refractivity contribution >= 4 is 5.97 Å². The number of carbonyl (C=O) groups is 1. The normalized spacial score (nSPS) is 16.5. The molecule has 1 aromatic rings. The Morgan fingerprint density at radius 3 is 2.82 bits per heavy atom. The summed E-state index contributed by atoms with van der Waals surface area (Å²) in [6, 6.07) is 0.0981. The second kappa shape index (κ2) is 5.31. The molecule has 2 unspecified atom stereocenters. The van der Waals surface area contributed by atoms with E-state index in [1.165, 1.54) is 0 Å². The van der Waals surface area contributed by atoms with E-state index >= 15 is 0 Å². The fraction of sp³-hybridized carbons (Fsp3) is 0.667. The summed E-state index contributed by atoms with van der Waals surface area (Å²) in [5, 5.41) is 12.1. The largest absolute Gasteiger partial charge is 0.480 e. The van der Waals surface area contributed by atoms with Gasteiger partial charge in [0.1, 0.15) is 11.4 Å². The molecule has 5 nitrogen and oxygen atoms in total. The average molecular weight is 239 g/mol. The van der Waals surface area contributed by atoms with Crippen LogP contribution in [0.4, 0.5) is 0 Å². The van der Waals surface area contributed by atoms with E-state index in [2.05, 4.69) is 10.3 Å². The van der Waals surface area contributed by atoms with Crippen LogP contribution in [0.1, 0.15) is 39.1 Å². The van der Waals surface area contributed by atoms with Gasteiger partial charge in [0.15, 0.2) is 0 Å². The average Bonchev–Trinajstić information content (AvgIpc) is 2.76. The zero-order valence-corrected chi connectivity index (χ0v) is 10.9. The number of rotatable bonds is 6. The molecular formula is C12H21N3O2. The summed E-state index contributed by atoms with van der Waals surface area (Å²) in [7, 11) is 1.68. The van der Waals surface area contributed by atoms with Gasteiger partial charge in [-0.3, -0.25) is 4.79 Å². The molecule has 0 aliphatic rings. The van der Waals surface area contributed by atoms with Crippen molar-refractivity contribution in [1.82, 2.24) is 14.9 Å². The summed E-state index contributed by atoms with van der Waals surface area (Å²) in [6.45, 7) is 5.76. The molecule has 0 aliphatic heterocycles. The maximum absolute atomic E-state index is 11.2. The van der Waals surface area contributed by atoms with Gasteiger partial charge in [-0.15, -0.1) is 0 Å². The van der Waals surface area contributed by atoms with Gasteiger partial charge in [-0.25, -0.2) is 4.98 Å². The van der Waals surface area contributed by atoms with E-state index in [0.29, 0.717) is 6.42 Å². The molecule has 0 bridgehead atoms. The van der Waals surface area contributed by atoms with Crippen molar-refractivity contribution in [3.05, 3.63) is 18.2 Å². The highest BCUT2D eigenvalue weighted by atomic mass is 16.4. The second-order valence-corrected chi connectivity index (χ2v) is 4.54. The van der Waals surface area contributed by atoms with Crippen molar-refractivity contribution in [1.29, 1.82) is 0 Å². The molecule has 0 amide bonds. The molecule has 0 spiro atoms. The zero-order chi connectivity index (χ0) is 13.1. The summed E-state index contributed by atoms with van der Waals surface area (Å²) < 4.78 is 2.04. The number of likely N-dealkylation sites (N-methyl/N-ethyl adjacent to an activating group) is 1. The second-order valence-electron chi connectivity index (χ2n) is 4.54. The first-order valence-corrected chi connectivity index (χ1v) is 5.88. The van der Waals surface area contributed by atoms with Crippen LogP contribution in [0, 0.1) is 0 Å². The molecule has 0 aliphatic carbocycles. The number of carboxylic acid groups (broad SMARTS) is 1. The minimum atomic E-state index is -0.908. The summed E-state index contributed by atoms with van der Waals surface area (Å²) >= 11 is 0. The van der Waals surface area contributed by atoms with Crippen LogP contribution in [0.3, 0.4) is 0 Å². The fourth-order valence-electron chi connectivity index (χ4n) is 2.00. The Kier molecular flexibility index (Phi) is 4.28. The van der Waals surface area contributed by atoms with E-state index in [0.717, 1.165) is 12.2 Å². The zero-order valence-electron chi connectivity index (χ0n) is 10.9. The smallest absolute Gasteiger partial charge is 0.323 e. The van der Waals surface area contributed by atoms with Crippen molar-refractivity contribution < 1.29 is 9.90 Å². The summed E-state index contributed by atoms with van der Waals surface area (Å²) in [5.41, 5.74) is -0.908. The molecule has 0 fully saturated rings. The molecule has 1 rings (SSSR count). The number of hydrogen-bond acceptors (Lipinski definition) is 3. The minimum Gasteiger partial charge on any atom is -0.480 e. The van der Waals surface area contributed by atoms with Crippen LogP contribution in [-0.4, -0.2) is 33.2 Å².